The van der Waals surface area contributed by atoms with Gasteiger partial charge in [0.2, 0.25) is 10.0 Å². The molecule has 2 aliphatic rings. The number of morpholine rings is 1. The molecule has 2 fully saturated rings. The predicted octanol–water partition coefficient (Wildman–Crippen LogP) is 0.387. The van der Waals surface area contributed by atoms with Gasteiger partial charge in [0.05, 0.1) is 19.0 Å². The quantitative estimate of drug-likeness (QED) is 0.329. The Morgan fingerprint density at radius 1 is 1.28 bits per heavy atom. The molecule has 2 unspecified atom stereocenters. The lowest BCUT2D eigenvalue weighted by molar-refractivity contribution is -0.0817. The van der Waals surface area contributed by atoms with E-state index in [4.69, 9.17) is 9.47 Å². The third-order valence-corrected chi connectivity index (χ3v) is 5.06. The van der Waals surface area contributed by atoms with E-state index in [0.29, 0.717) is 13.2 Å². The van der Waals surface area contributed by atoms with Crippen molar-refractivity contribution in [2.75, 3.05) is 46.2 Å². The van der Waals surface area contributed by atoms with Crippen LogP contribution in [0.15, 0.2) is 4.99 Å². The second kappa shape index (κ2) is 9.67. The summed E-state index contributed by atoms with van der Waals surface area (Å²) < 4.78 is 37.1. The first-order chi connectivity index (χ1) is 11.2. The molecule has 2 N–H and O–H groups in total. The Bertz CT molecular complexity index is 550. The maximum absolute atomic E-state index is 11.4. The minimum atomic E-state index is -3.26. The first-order valence-corrected chi connectivity index (χ1v) is 10.3. The van der Waals surface area contributed by atoms with E-state index in [9.17, 15) is 8.42 Å². The van der Waals surface area contributed by atoms with Crippen molar-refractivity contribution in [3.05, 3.63) is 0 Å². The molecule has 148 valence electrons. The summed E-state index contributed by atoms with van der Waals surface area (Å²) in [5, 5.41) is 3.27. The van der Waals surface area contributed by atoms with Crippen LogP contribution in [0.25, 0.3) is 0 Å². The van der Waals surface area contributed by atoms with Gasteiger partial charge in [-0.15, -0.1) is 24.0 Å². The van der Waals surface area contributed by atoms with E-state index in [-0.39, 0.29) is 36.2 Å². The van der Waals surface area contributed by atoms with Gasteiger partial charge in [0.1, 0.15) is 6.10 Å². The summed E-state index contributed by atoms with van der Waals surface area (Å²) in [5.74, 6) is 0.754. The highest BCUT2D eigenvalue weighted by molar-refractivity contribution is 14.0. The summed E-state index contributed by atoms with van der Waals surface area (Å²) in [6.45, 7) is 7.03. The van der Waals surface area contributed by atoms with Gasteiger partial charge in [-0.2, -0.15) is 0 Å². The number of ether oxygens (including phenoxy) is 2. The Hall–Kier alpha value is -0.170. The third-order valence-electron chi connectivity index (χ3n) is 4.13. The number of sulfonamides is 1. The van der Waals surface area contributed by atoms with Crippen molar-refractivity contribution < 1.29 is 17.9 Å². The number of guanidine groups is 1. The number of halogens is 1. The molecule has 0 aromatic heterocycles. The van der Waals surface area contributed by atoms with Crippen LogP contribution in [0, 0.1) is 0 Å². The maximum atomic E-state index is 11.4. The van der Waals surface area contributed by atoms with Crippen molar-refractivity contribution >= 4 is 40.0 Å². The highest BCUT2D eigenvalue weighted by Gasteiger charge is 2.32. The maximum Gasteiger partial charge on any atom is 0.209 e. The monoisotopic (exact) mass is 490 g/mol. The van der Waals surface area contributed by atoms with E-state index >= 15 is 0 Å². The fraction of sp³-hybridized carbons (Fsp3) is 0.933. The van der Waals surface area contributed by atoms with Crippen molar-refractivity contribution in [2.24, 2.45) is 4.99 Å². The minimum absolute atomic E-state index is 0. The molecule has 2 heterocycles. The summed E-state index contributed by atoms with van der Waals surface area (Å²) in [4.78, 5) is 6.48. The zero-order chi connectivity index (χ0) is 17.8. The van der Waals surface area contributed by atoms with E-state index in [1.54, 1.807) is 7.05 Å². The molecule has 0 aromatic rings. The third kappa shape index (κ3) is 7.53. The molecule has 2 atom stereocenters. The highest BCUT2D eigenvalue weighted by Crippen LogP contribution is 2.21. The topological polar surface area (TPSA) is 92.3 Å². The highest BCUT2D eigenvalue weighted by atomic mass is 127. The second-order valence-corrected chi connectivity index (χ2v) is 8.81. The van der Waals surface area contributed by atoms with Crippen LogP contribution in [-0.4, -0.2) is 83.2 Å². The molecule has 25 heavy (non-hydrogen) atoms. The van der Waals surface area contributed by atoms with Crippen LogP contribution in [0.3, 0.4) is 0 Å². The summed E-state index contributed by atoms with van der Waals surface area (Å²) in [7, 11) is -1.53. The molecule has 2 rings (SSSR count). The molecule has 0 saturated carbocycles. The average Bonchev–Trinajstić information content (AvgIpc) is 3.00. The minimum Gasteiger partial charge on any atom is -0.375 e. The van der Waals surface area contributed by atoms with Crippen LogP contribution in [0.5, 0.6) is 0 Å². The standard InChI is InChI=1S/C15H30N4O4S.HI/c1-15(2,18-24(4,20)21)11-17-14(16-3)19-7-9-23-13(10-19)12-6-5-8-22-12;/h12-13,18H,5-11H2,1-4H3,(H,16,17);1H. The van der Waals surface area contributed by atoms with Gasteiger partial charge in [-0.3, -0.25) is 4.99 Å². The summed E-state index contributed by atoms with van der Waals surface area (Å²) >= 11 is 0. The van der Waals surface area contributed by atoms with Crippen molar-refractivity contribution in [1.82, 2.24) is 14.9 Å². The molecule has 10 heteroatoms. The molecular weight excluding hydrogens is 459 g/mol. The van der Waals surface area contributed by atoms with E-state index in [0.717, 1.165) is 44.8 Å². The van der Waals surface area contributed by atoms with Gasteiger partial charge in [-0.1, -0.05) is 0 Å². The SMILES string of the molecule is CN=C(NCC(C)(C)NS(C)(=O)=O)N1CCOC(C2CCCO2)C1.I. The van der Waals surface area contributed by atoms with Crippen molar-refractivity contribution in [1.29, 1.82) is 0 Å². The first kappa shape index (κ1) is 22.9. The van der Waals surface area contributed by atoms with Gasteiger partial charge in [0.15, 0.2) is 5.96 Å². The Balaban J connectivity index is 0.00000312. The second-order valence-electron chi connectivity index (χ2n) is 7.07. The molecule has 0 bridgehead atoms. The van der Waals surface area contributed by atoms with E-state index < -0.39 is 15.6 Å². The number of nitrogens with zero attached hydrogens (tertiary/aromatic N) is 2. The van der Waals surface area contributed by atoms with Crippen LogP contribution in [0.1, 0.15) is 26.7 Å². The molecule has 2 saturated heterocycles. The predicted molar refractivity (Wildman–Crippen MR) is 109 cm³/mol. The Kier molecular flexibility index (Phi) is 8.85. The van der Waals surface area contributed by atoms with Gasteiger partial charge in [0, 0.05) is 38.8 Å². The molecular formula is C15H31IN4O4S. The normalized spacial score (nSPS) is 25.6. The molecule has 0 spiro atoms. The summed E-state index contributed by atoms with van der Waals surface area (Å²) in [5.41, 5.74) is -0.607. The smallest absolute Gasteiger partial charge is 0.209 e. The molecule has 8 nitrogen and oxygen atoms in total. The Morgan fingerprint density at radius 2 is 1.96 bits per heavy atom. The average molecular weight is 490 g/mol. The van der Waals surface area contributed by atoms with Crippen molar-refractivity contribution in [2.45, 2.75) is 44.4 Å². The zero-order valence-corrected chi connectivity index (χ0v) is 18.6. The Morgan fingerprint density at radius 3 is 2.52 bits per heavy atom. The van der Waals surface area contributed by atoms with Crippen LogP contribution >= 0.6 is 24.0 Å². The number of nitrogens with one attached hydrogen (secondary N) is 2. The largest absolute Gasteiger partial charge is 0.375 e. The Labute approximate surface area is 168 Å². The fourth-order valence-corrected chi connectivity index (χ4v) is 4.23. The summed E-state index contributed by atoms with van der Waals surface area (Å²) in [6, 6.07) is 0. The van der Waals surface area contributed by atoms with Crippen molar-refractivity contribution in [3.63, 3.8) is 0 Å². The van der Waals surface area contributed by atoms with Gasteiger partial charge in [0.25, 0.3) is 0 Å². The summed E-state index contributed by atoms with van der Waals surface area (Å²) in [6.07, 6.45) is 3.51. The van der Waals surface area contributed by atoms with Crippen LogP contribution < -0.4 is 10.0 Å². The number of hydrogen-bond acceptors (Lipinski definition) is 5. The molecule has 0 amide bonds. The molecule has 0 radical (unpaired) electrons. The van der Waals surface area contributed by atoms with Crippen LogP contribution in [0.2, 0.25) is 0 Å². The van der Waals surface area contributed by atoms with Gasteiger partial charge in [-0.05, 0) is 26.7 Å². The van der Waals surface area contributed by atoms with Crippen LogP contribution in [-0.2, 0) is 19.5 Å². The molecule has 0 aliphatic carbocycles. The fourth-order valence-electron chi connectivity index (χ4n) is 3.16. The van der Waals surface area contributed by atoms with E-state index in [2.05, 4.69) is 19.9 Å². The lowest BCUT2D eigenvalue weighted by atomic mass is 10.1. The number of rotatable bonds is 5. The zero-order valence-electron chi connectivity index (χ0n) is 15.4. The molecule has 2 aliphatic heterocycles. The lowest BCUT2D eigenvalue weighted by Gasteiger charge is -2.38. The number of aliphatic imine (C=N–C) groups is 1. The molecule has 0 aromatic carbocycles. The number of hydrogen-bond donors (Lipinski definition) is 2. The van der Waals surface area contributed by atoms with Crippen LogP contribution in [0.4, 0.5) is 0 Å². The lowest BCUT2D eigenvalue weighted by Crippen LogP contribution is -2.57. The first-order valence-electron chi connectivity index (χ1n) is 8.38. The van der Waals surface area contributed by atoms with Gasteiger partial charge in [-0.25, -0.2) is 13.1 Å². The van der Waals surface area contributed by atoms with Gasteiger partial charge < -0.3 is 19.7 Å². The van der Waals surface area contributed by atoms with Gasteiger partial charge >= 0.3 is 0 Å². The van der Waals surface area contributed by atoms with E-state index in [1.807, 2.05) is 13.8 Å². The van der Waals surface area contributed by atoms with E-state index in [1.165, 1.54) is 0 Å². The van der Waals surface area contributed by atoms with Crippen molar-refractivity contribution in [3.8, 4) is 0 Å².